The van der Waals surface area contributed by atoms with Crippen molar-refractivity contribution >= 4 is 5.91 Å². The Kier molecular flexibility index (Phi) is 4.69. The van der Waals surface area contributed by atoms with Gasteiger partial charge in [0.15, 0.2) is 5.82 Å². The van der Waals surface area contributed by atoms with Gasteiger partial charge in [0.1, 0.15) is 6.33 Å². The Morgan fingerprint density at radius 1 is 1.56 bits per heavy atom. The van der Waals surface area contributed by atoms with Crippen LogP contribution in [0.4, 0.5) is 0 Å². The van der Waals surface area contributed by atoms with Crippen molar-refractivity contribution in [1.29, 1.82) is 0 Å². The van der Waals surface area contributed by atoms with E-state index in [1.165, 1.54) is 0 Å². The number of amides is 1. The number of nitrogens with zero attached hydrogens (tertiary/aromatic N) is 3. The largest absolute Gasteiger partial charge is 0.356 e. The van der Waals surface area contributed by atoms with E-state index in [4.69, 9.17) is 0 Å². The number of piperidine rings is 1. The minimum absolute atomic E-state index is 0.151. The zero-order valence-corrected chi connectivity index (χ0v) is 10.9. The second kappa shape index (κ2) is 6.49. The Morgan fingerprint density at radius 3 is 3.00 bits per heavy atom. The van der Waals surface area contributed by atoms with Crippen molar-refractivity contribution in [3.63, 3.8) is 0 Å². The molecule has 0 radical (unpaired) electrons. The molecule has 1 aromatic rings. The van der Waals surface area contributed by atoms with Crippen molar-refractivity contribution in [3.05, 3.63) is 12.2 Å². The molecule has 100 valence electrons. The van der Waals surface area contributed by atoms with Crippen LogP contribution in [-0.2, 0) is 18.3 Å². The van der Waals surface area contributed by atoms with E-state index in [1.54, 1.807) is 11.0 Å². The molecule has 2 rings (SSSR count). The van der Waals surface area contributed by atoms with Crippen molar-refractivity contribution < 1.29 is 4.79 Å². The molecule has 6 nitrogen and oxygen atoms in total. The molecule has 18 heavy (non-hydrogen) atoms. The summed E-state index contributed by atoms with van der Waals surface area (Å²) in [5.74, 6) is 1.47. The van der Waals surface area contributed by atoms with Gasteiger partial charge in [-0.1, -0.05) is 0 Å². The summed E-state index contributed by atoms with van der Waals surface area (Å²) >= 11 is 0. The zero-order chi connectivity index (χ0) is 12.8. The molecule has 2 heterocycles. The Balaban J connectivity index is 1.62. The maximum Gasteiger partial charge on any atom is 0.220 e. The topological polar surface area (TPSA) is 71.8 Å². The van der Waals surface area contributed by atoms with E-state index < -0.39 is 0 Å². The maximum absolute atomic E-state index is 11.7. The average Bonchev–Trinajstić information content (AvgIpc) is 2.76. The number of hydrogen-bond acceptors (Lipinski definition) is 4. The molecule has 0 unspecified atom stereocenters. The first-order chi connectivity index (χ1) is 8.74. The Hall–Kier alpha value is -1.43. The minimum atomic E-state index is 0.151. The first-order valence-electron chi connectivity index (χ1n) is 6.56. The molecule has 0 aromatic carbocycles. The molecular weight excluding hydrogens is 230 g/mol. The third-order valence-corrected chi connectivity index (χ3v) is 3.25. The molecule has 0 atom stereocenters. The fraction of sp³-hybridized carbons (Fsp3) is 0.750. The molecule has 6 heteroatoms. The minimum Gasteiger partial charge on any atom is -0.356 e. The molecule has 0 bridgehead atoms. The molecular formula is C12H21N5O. The quantitative estimate of drug-likeness (QED) is 0.764. The van der Waals surface area contributed by atoms with Crippen LogP contribution in [0.15, 0.2) is 6.33 Å². The van der Waals surface area contributed by atoms with Crippen molar-refractivity contribution in [1.82, 2.24) is 25.4 Å². The number of aryl methyl sites for hydroxylation is 1. The molecule has 1 aliphatic rings. The Bertz CT molecular complexity index is 384. The summed E-state index contributed by atoms with van der Waals surface area (Å²) < 4.78 is 1.67. The number of hydrogen-bond donors (Lipinski definition) is 2. The van der Waals surface area contributed by atoms with Gasteiger partial charge in [-0.05, 0) is 31.8 Å². The number of carbonyl (C=O) groups is 1. The first-order valence-corrected chi connectivity index (χ1v) is 6.56. The fourth-order valence-corrected chi connectivity index (χ4v) is 2.23. The van der Waals surface area contributed by atoms with Crippen molar-refractivity contribution in [2.45, 2.75) is 25.7 Å². The van der Waals surface area contributed by atoms with Gasteiger partial charge in [0.05, 0.1) is 0 Å². The third kappa shape index (κ3) is 4.10. The monoisotopic (exact) mass is 251 g/mol. The maximum atomic E-state index is 11.7. The summed E-state index contributed by atoms with van der Waals surface area (Å²) in [6.07, 6.45) is 5.23. The van der Waals surface area contributed by atoms with Crippen LogP contribution in [0.5, 0.6) is 0 Å². The van der Waals surface area contributed by atoms with E-state index in [0.717, 1.165) is 31.8 Å². The highest BCUT2D eigenvalue weighted by Gasteiger charge is 2.16. The SMILES string of the molecule is Cn1cnc(CCNC(=O)CC2CCNCC2)n1. The number of nitrogens with one attached hydrogen (secondary N) is 2. The van der Waals surface area contributed by atoms with Gasteiger partial charge in [-0.25, -0.2) is 4.98 Å². The molecule has 1 fully saturated rings. The van der Waals surface area contributed by atoms with E-state index in [0.29, 0.717) is 25.3 Å². The van der Waals surface area contributed by atoms with Gasteiger partial charge in [-0.15, -0.1) is 0 Å². The smallest absolute Gasteiger partial charge is 0.220 e. The van der Waals surface area contributed by atoms with Crippen LogP contribution < -0.4 is 10.6 Å². The van der Waals surface area contributed by atoms with Crippen LogP contribution in [0.1, 0.15) is 25.1 Å². The molecule has 1 aromatic heterocycles. The molecule has 1 saturated heterocycles. The average molecular weight is 251 g/mol. The lowest BCUT2D eigenvalue weighted by molar-refractivity contribution is -0.122. The second-order valence-electron chi connectivity index (χ2n) is 4.83. The third-order valence-electron chi connectivity index (χ3n) is 3.25. The lowest BCUT2D eigenvalue weighted by Gasteiger charge is -2.21. The zero-order valence-electron chi connectivity index (χ0n) is 10.9. The van der Waals surface area contributed by atoms with Gasteiger partial charge in [0.2, 0.25) is 5.91 Å². The summed E-state index contributed by atoms with van der Waals surface area (Å²) in [5, 5.41) is 10.4. The number of carbonyl (C=O) groups excluding carboxylic acids is 1. The summed E-state index contributed by atoms with van der Waals surface area (Å²) in [6.45, 7) is 2.69. The van der Waals surface area contributed by atoms with E-state index in [9.17, 15) is 4.79 Å². The molecule has 2 N–H and O–H groups in total. The van der Waals surface area contributed by atoms with Crippen LogP contribution in [-0.4, -0.2) is 40.3 Å². The highest BCUT2D eigenvalue weighted by atomic mass is 16.1. The first kappa shape index (κ1) is 13.0. The Labute approximate surface area is 107 Å². The van der Waals surface area contributed by atoms with Gasteiger partial charge in [0.25, 0.3) is 0 Å². The predicted octanol–water partition coefficient (Wildman–Crippen LogP) is -0.136. The standard InChI is InChI=1S/C12H21N5O/c1-17-9-15-11(16-17)4-7-14-12(18)8-10-2-5-13-6-3-10/h9-10,13H,2-8H2,1H3,(H,14,18). The van der Waals surface area contributed by atoms with E-state index in [1.807, 2.05) is 7.05 Å². The van der Waals surface area contributed by atoms with Crippen LogP contribution in [0.3, 0.4) is 0 Å². The number of aromatic nitrogens is 3. The lowest BCUT2D eigenvalue weighted by Crippen LogP contribution is -2.33. The predicted molar refractivity (Wildman–Crippen MR) is 67.9 cm³/mol. The number of rotatable bonds is 5. The Morgan fingerprint density at radius 2 is 2.33 bits per heavy atom. The summed E-state index contributed by atoms with van der Waals surface area (Å²) in [5.41, 5.74) is 0. The van der Waals surface area contributed by atoms with Crippen LogP contribution in [0.25, 0.3) is 0 Å². The molecule has 0 spiro atoms. The molecule has 1 aliphatic heterocycles. The van der Waals surface area contributed by atoms with Crippen LogP contribution in [0, 0.1) is 5.92 Å². The lowest BCUT2D eigenvalue weighted by atomic mass is 9.94. The highest BCUT2D eigenvalue weighted by Crippen LogP contribution is 2.15. The fourth-order valence-electron chi connectivity index (χ4n) is 2.23. The van der Waals surface area contributed by atoms with Gasteiger partial charge in [0, 0.05) is 26.4 Å². The van der Waals surface area contributed by atoms with Crippen molar-refractivity contribution in [3.8, 4) is 0 Å². The second-order valence-corrected chi connectivity index (χ2v) is 4.83. The molecule has 1 amide bonds. The van der Waals surface area contributed by atoms with Crippen LogP contribution in [0.2, 0.25) is 0 Å². The molecule has 0 saturated carbocycles. The van der Waals surface area contributed by atoms with E-state index in [2.05, 4.69) is 20.7 Å². The normalized spacial score (nSPS) is 16.7. The van der Waals surface area contributed by atoms with Gasteiger partial charge < -0.3 is 10.6 Å². The van der Waals surface area contributed by atoms with Gasteiger partial charge in [-0.2, -0.15) is 5.10 Å². The summed E-state index contributed by atoms with van der Waals surface area (Å²) in [4.78, 5) is 15.8. The van der Waals surface area contributed by atoms with Gasteiger partial charge >= 0.3 is 0 Å². The highest BCUT2D eigenvalue weighted by molar-refractivity contribution is 5.76. The summed E-state index contributed by atoms with van der Waals surface area (Å²) in [6, 6.07) is 0. The van der Waals surface area contributed by atoms with Crippen LogP contribution >= 0.6 is 0 Å². The van der Waals surface area contributed by atoms with Crippen molar-refractivity contribution in [2.75, 3.05) is 19.6 Å². The van der Waals surface area contributed by atoms with E-state index in [-0.39, 0.29) is 5.91 Å². The van der Waals surface area contributed by atoms with E-state index >= 15 is 0 Å². The molecule has 0 aliphatic carbocycles. The van der Waals surface area contributed by atoms with Gasteiger partial charge in [-0.3, -0.25) is 9.48 Å². The van der Waals surface area contributed by atoms with Crippen molar-refractivity contribution in [2.24, 2.45) is 13.0 Å². The summed E-state index contributed by atoms with van der Waals surface area (Å²) in [7, 11) is 1.84.